The van der Waals surface area contributed by atoms with E-state index in [0.29, 0.717) is 5.56 Å². The molecule has 0 saturated carbocycles. The van der Waals surface area contributed by atoms with Crippen molar-refractivity contribution in [1.29, 1.82) is 0 Å². The fourth-order valence-electron chi connectivity index (χ4n) is 0.468. The van der Waals surface area contributed by atoms with E-state index in [1.807, 2.05) is 0 Å². The minimum Gasteiger partial charge on any atom is -0.383 e. The minimum atomic E-state index is -0.567. The van der Waals surface area contributed by atoms with Gasteiger partial charge in [0.25, 0.3) is 0 Å². The van der Waals surface area contributed by atoms with Crippen LogP contribution in [0.4, 0.5) is 10.2 Å². The van der Waals surface area contributed by atoms with Crippen molar-refractivity contribution in [2.45, 2.75) is 6.92 Å². The van der Waals surface area contributed by atoms with E-state index < -0.39 is 5.95 Å². The quantitative estimate of drug-likeness (QED) is 0.528. The predicted molar refractivity (Wildman–Crippen MR) is 35.7 cm³/mol. The standard InChI is InChI=1S/C4H6FN3S/c1-2-3(5)7-8(9)4(2)6/h9H,6H2,1H3. The molecule has 1 aromatic rings. The van der Waals surface area contributed by atoms with Gasteiger partial charge in [-0.25, -0.2) is 0 Å². The molecule has 0 bridgehead atoms. The van der Waals surface area contributed by atoms with Crippen molar-refractivity contribution in [3.63, 3.8) is 0 Å². The zero-order chi connectivity index (χ0) is 7.02. The maximum Gasteiger partial charge on any atom is 0.238 e. The van der Waals surface area contributed by atoms with Crippen molar-refractivity contribution < 1.29 is 4.39 Å². The third-order valence-corrected chi connectivity index (χ3v) is 1.40. The fourth-order valence-corrected chi connectivity index (χ4v) is 0.696. The molecule has 0 aliphatic heterocycles. The van der Waals surface area contributed by atoms with E-state index in [9.17, 15) is 4.39 Å². The van der Waals surface area contributed by atoms with Crippen LogP contribution in [0.25, 0.3) is 0 Å². The molecule has 0 amide bonds. The Morgan fingerprint density at radius 3 is 2.44 bits per heavy atom. The number of aromatic nitrogens is 2. The van der Waals surface area contributed by atoms with Crippen LogP contribution in [0.2, 0.25) is 0 Å². The molecule has 1 rings (SSSR count). The smallest absolute Gasteiger partial charge is 0.238 e. The van der Waals surface area contributed by atoms with E-state index in [-0.39, 0.29) is 5.82 Å². The second-order valence-corrected chi connectivity index (χ2v) is 2.07. The van der Waals surface area contributed by atoms with Crippen LogP contribution in [-0.2, 0) is 0 Å². The largest absolute Gasteiger partial charge is 0.383 e. The summed E-state index contributed by atoms with van der Waals surface area (Å²) in [6.07, 6.45) is 0. The highest BCUT2D eigenvalue weighted by atomic mass is 32.1. The molecule has 1 aromatic heterocycles. The number of thiol groups is 1. The summed E-state index contributed by atoms with van der Waals surface area (Å²) in [4.78, 5) is 0. The van der Waals surface area contributed by atoms with E-state index in [1.165, 1.54) is 0 Å². The van der Waals surface area contributed by atoms with Crippen molar-refractivity contribution in [1.82, 2.24) is 9.19 Å². The molecule has 3 nitrogen and oxygen atoms in total. The van der Waals surface area contributed by atoms with E-state index in [2.05, 4.69) is 17.9 Å². The second kappa shape index (κ2) is 1.91. The summed E-state index contributed by atoms with van der Waals surface area (Å²) < 4.78 is 13.3. The lowest BCUT2D eigenvalue weighted by Crippen LogP contribution is -1.92. The van der Waals surface area contributed by atoms with Crippen LogP contribution < -0.4 is 5.73 Å². The first-order valence-corrected chi connectivity index (χ1v) is 2.72. The summed E-state index contributed by atoms with van der Waals surface area (Å²) in [5, 5.41) is 3.30. The van der Waals surface area contributed by atoms with Crippen LogP contribution in [0.5, 0.6) is 0 Å². The summed E-state index contributed by atoms with van der Waals surface area (Å²) in [7, 11) is 0. The Labute approximate surface area is 57.2 Å². The van der Waals surface area contributed by atoms with Crippen LogP contribution in [0.1, 0.15) is 5.56 Å². The SMILES string of the molecule is Cc1c(F)nn(S)c1N. The summed E-state index contributed by atoms with van der Waals surface area (Å²) in [5.74, 6) is -0.321. The average Bonchev–Trinajstić information content (AvgIpc) is 1.98. The van der Waals surface area contributed by atoms with Gasteiger partial charge >= 0.3 is 0 Å². The van der Waals surface area contributed by atoms with Crippen LogP contribution in [-0.4, -0.2) is 9.19 Å². The summed E-state index contributed by atoms with van der Waals surface area (Å²) in [6, 6.07) is 0. The second-order valence-electron chi connectivity index (χ2n) is 1.69. The molecule has 0 aromatic carbocycles. The van der Waals surface area contributed by atoms with Gasteiger partial charge in [-0.3, -0.25) is 0 Å². The average molecular weight is 147 g/mol. The number of halogens is 1. The third-order valence-electron chi connectivity index (χ3n) is 1.09. The van der Waals surface area contributed by atoms with Crippen molar-refractivity contribution in [2.24, 2.45) is 0 Å². The first kappa shape index (κ1) is 6.41. The molecule has 0 saturated heterocycles. The van der Waals surface area contributed by atoms with Crippen LogP contribution in [0.15, 0.2) is 0 Å². The van der Waals surface area contributed by atoms with Gasteiger partial charge in [-0.05, 0) is 19.7 Å². The Balaban J connectivity index is 3.29. The number of nitrogen functional groups attached to an aromatic ring is 1. The topological polar surface area (TPSA) is 43.8 Å². The van der Waals surface area contributed by atoms with E-state index in [4.69, 9.17) is 5.73 Å². The number of hydrogen-bond acceptors (Lipinski definition) is 3. The molecule has 0 spiro atoms. The molecule has 0 atom stereocenters. The highest BCUT2D eigenvalue weighted by Gasteiger charge is 2.07. The zero-order valence-corrected chi connectivity index (χ0v) is 5.69. The van der Waals surface area contributed by atoms with Gasteiger partial charge in [0.2, 0.25) is 5.95 Å². The third kappa shape index (κ3) is 0.873. The van der Waals surface area contributed by atoms with Gasteiger partial charge < -0.3 is 5.73 Å². The lowest BCUT2D eigenvalue weighted by atomic mass is 10.4. The number of nitrogens with zero attached hydrogens (tertiary/aromatic N) is 2. The van der Waals surface area contributed by atoms with Crippen LogP contribution in [0, 0.1) is 12.9 Å². The molecule has 2 N–H and O–H groups in total. The summed E-state index contributed by atoms with van der Waals surface area (Å²) >= 11 is 3.73. The van der Waals surface area contributed by atoms with Gasteiger partial charge in [-0.15, -0.1) is 5.10 Å². The van der Waals surface area contributed by atoms with Crippen LogP contribution >= 0.6 is 12.8 Å². The molecular formula is C4H6FN3S. The Morgan fingerprint density at radius 1 is 1.78 bits per heavy atom. The normalized spacial score (nSPS) is 10.1. The molecule has 0 radical (unpaired) electrons. The lowest BCUT2D eigenvalue weighted by molar-refractivity contribution is 0.568. The molecule has 50 valence electrons. The van der Waals surface area contributed by atoms with Gasteiger partial charge in [0.15, 0.2) is 0 Å². The first-order valence-electron chi connectivity index (χ1n) is 2.32. The Kier molecular flexibility index (Phi) is 1.36. The molecular weight excluding hydrogens is 141 g/mol. The number of anilines is 1. The van der Waals surface area contributed by atoms with Gasteiger partial charge in [-0.1, -0.05) is 0 Å². The van der Waals surface area contributed by atoms with Crippen LogP contribution in [0.3, 0.4) is 0 Å². The summed E-state index contributed by atoms with van der Waals surface area (Å²) in [5.41, 5.74) is 5.62. The molecule has 1 heterocycles. The highest BCUT2D eigenvalue weighted by molar-refractivity contribution is 7.78. The predicted octanol–water partition coefficient (Wildman–Crippen LogP) is 0.606. The van der Waals surface area contributed by atoms with E-state index in [0.717, 1.165) is 4.09 Å². The highest BCUT2D eigenvalue weighted by Crippen LogP contribution is 2.13. The molecule has 5 heteroatoms. The van der Waals surface area contributed by atoms with Gasteiger partial charge in [0, 0.05) is 5.56 Å². The molecule has 0 aliphatic rings. The van der Waals surface area contributed by atoms with E-state index in [1.54, 1.807) is 6.92 Å². The van der Waals surface area contributed by atoms with Crippen molar-refractivity contribution in [3.8, 4) is 0 Å². The Hall–Kier alpha value is -0.710. The summed E-state index contributed by atoms with van der Waals surface area (Å²) in [6.45, 7) is 1.55. The molecule has 0 unspecified atom stereocenters. The van der Waals surface area contributed by atoms with Gasteiger partial charge in [-0.2, -0.15) is 8.48 Å². The van der Waals surface area contributed by atoms with E-state index >= 15 is 0 Å². The fraction of sp³-hybridized carbons (Fsp3) is 0.250. The molecule has 0 aliphatic carbocycles. The number of nitrogens with two attached hydrogens (primary N) is 1. The Bertz CT molecular complexity index is 209. The number of rotatable bonds is 0. The maximum absolute atomic E-state index is 12.3. The lowest BCUT2D eigenvalue weighted by Gasteiger charge is -1.88. The zero-order valence-electron chi connectivity index (χ0n) is 4.80. The minimum absolute atomic E-state index is 0.246. The Morgan fingerprint density at radius 2 is 2.33 bits per heavy atom. The first-order chi connectivity index (χ1) is 4.13. The van der Waals surface area contributed by atoms with Gasteiger partial charge in [0.1, 0.15) is 5.82 Å². The van der Waals surface area contributed by atoms with Gasteiger partial charge in [0.05, 0.1) is 0 Å². The molecule has 9 heavy (non-hydrogen) atoms. The van der Waals surface area contributed by atoms with Crippen molar-refractivity contribution >= 4 is 18.6 Å². The van der Waals surface area contributed by atoms with Crippen molar-refractivity contribution in [2.75, 3.05) is 5.73 Å². The molecule has 0 fully saturated rings. The maximum atomic E-state index is 12.3. The van der Waals surface area contributed by atoms with Crippen molar-refractivity contribution in [3.05, 3.63) is 11.5 Å². The monoisotopic (exact) mass is 147 g/mol. The number of hydrogen-bond donors (Lipinski definition) is 2.